The summed E-state index contributed by atoms with van der Waals surface area (Å²) < 4.78 is 0. The quantitative estimate of drug-likeness (QED) is 0.767. The molecule has 2 aliphatic rings. The maximum atomic E-state index is 12.1. The summed E-state index contributed by atoms with van der Waals surface area (Å²) in [7, 11) is 0. The van der Waals surface area contributed by atoms with Crippen LogP contribution in [-0.4, -0.2) is 24.0 Å². The third kappa shape index (κ3) is 2.61. The van der Waals surface area contributed by atoms with Crippen molar-refractivity contribution in [2.45, 2.75) is 52.0 Å². The van der Waals surface area contributed by atoms with Gasteiger partial charge < -0.3 is 5.32 Å². The molecule has 96 valence electrons. The SMILES string of the molecule is CC(C)CN=C1NC(=O)C2(CCCC(C)C2)N1. The van der Waals surface area contributed by atoms with Crippen molar-refractivity contribution in [3.05, 3.63) is 0 Å². The van der Waals surface area contributed by atoms with Gasteiger partial charge in [-0.1, -0.05) is 33.6 Å². The fourth-order valence-electron chi connectivity index (χ4n) is 2.77. The lowest BCUT2D eigenvalue weighted by atomic mass is 9.76. The number of nitrogens with zero attached hydrogens (tertiary/aromatic N) is 1. The van der Waals surface area contributed by atoms with Gasteiger partial charge in [-0.05, 0) is 24.7 Å². The second-order valence-corrected chi connectivity index (χ2v) is 5.95. The number of carbonyl (C=O) groups is 1. The van der Waals surface area contributed by atoms with E-state index in [9.17, 15) is 4.79 Å². The van der Waals surface area contributed by atoms with Gasteiger partial charge in [0.25, 0.3) is 5.91 Å². The number of carbonyl (C=O) groups excluding carboxylic acids is 1. The highest BCUT2D eigenvalue weighted by atomic mass is 16.2. The van der Waals surface area contributed by atoms with Gasteiger partial charge in [-0.25, -0.2) is 0 Å². The highest BCUT2D eigenvalue weighted by molar-refractivity contribution is 6.09. The fraction of sp³-hybridized carbons (Fsp3) is 0.846. The van der Waals surface area contributed by atoms with Crippen molar-refractivity contribution in [1.82, 2.24) is 10.6 Å². The van der Waals surface area contributed by atoms with Gasteiger partial charge in [0.2, 0.25) is 0 Å². The first-order chi connectivity index (χ1) is 8.02. The van der Waals surface area contributed by atoms with Crippen molar-refractivity contribution in [2.75, 3.05) is 6.54 Å². The zero-order valence-electron chi connectivity index (χ0n) is 11.0. The van der Waals surface area contributed by atoms with Gasteiger partial charge >= 0.3 is 0 Å². The molecule has 1 saturated heterocycles. The van der Waals surface area contributed by atoms with Crippen molar-refractivity contribution in [1.29, 1.82) is 0 Å². The van der Waals surface area contributed by atoms with Crippen LogP contribution in [0.2, 0.25) is 0 Å². The van der Waals surface area contributed by atoms with E-state index in [2.05, 4.69) is 36.4 Å². The second kappa shape index (κ2) is 4.67. The molecule has 1 aliphatic heterocycles. The van der Waals surface area contributed by atoms with Crippen LogP contribution in [-0.2, 0) is 4.79 Å². The molecule has 0 aromatic carbocycles. The molecule has 1 spiro atoms. The first kappa shape index (κ1) is 12.4. The van der Waals surface area contributed by atoms with Gasteiger partial charge in [-0.15, -0.1) is 0 Å². The molecule has 1 aliphatic carbocycles. The van der Waals surface area contributed by atoms with E-state index in [0.717, 1.165) is 25.8 Å². The minimum absolute atomic E-state index is 0.117. The molecule has 4 heteroatoms. The highest BCUT2D eigenvalue weighted by Gasteiger charge is 2.47. The van der Waals surface area contributed by atoms with Crippen LogP contribution in [0.1, 0.15) is 46.5 Å². The lowest BCUT2D eigenvalue weighted by molar-refractivity contribution is -0.125. The Morgan fingerprint density at radius 3 is 2.94 bits per heavy atom. The number of amides is 1. The molecule has 2 N–H and O–H groups in total. The van der Waals surface area contributed by atoms with Crippen LogP contribution in [0.15, 0.2) is 4.99 Å². The van der Waals surface area contributed by atoms with E-state index in [1.54, 1.807) is 0 Å². The zero-order chi connectivity index (χ0) is 12.5. The molecule has 0 radical (unpaired) electrons. The summed E-state index contributed by atoms with van der Waals surface area (Å²) >= 11 is 0. The van der Waals surface area contributed by atoms with E-state index >= 15 is 0 Å². The molecule has 17 heavy (non-hydrogen) atoms. The van der Waals surface area contributed by atoms with E-state index in [0.29, 0.717) is 17.8 Å². The number of rotatable bonds is 2. The number of aliphatic imine (C=N–C) groups is 1. The fourth-order valence-corrected chi connectivity index (χ4v) is 2.77. The Bertz CT molecular complexity index is 338. The summed E-state index contributed by atoms with van der Waals surface area (Å²) in [6.07, 6.45) is 4.22. The van der Waals surface area contributed by atoms with Gasteiger partial charge in [0.05, 0.1) is 0 Å². The lowest BCUT2D eigenvalue weighted by Gasteiger charge is -2.34. The minimum atomic E-state index is -0.368. The van der Waals surface area contributed by atoms with Crippen LogP contribution in [0.5, 0.6) is 0 Å². The first-order valence-corrected chi connectivity index (χ1v) is 6.66. The number of guanidine groups is 1. The average molecular weight is 237 g/mol. The highest BCUT2D eigenvalue weighted by Crippen LogP contribution is 2.34. The molecule has 0 aromatic rings. The lowest BCUT2D eigenvalue weighted by Crippen LogP contribution is -2.50. The van der Waals surface area contributed by atoms with Crippen LogP contribution in [0.3, 0.4) is 0 Å². The summed E-state index contributed by atoms with van der Waals surface area (Å²) in [4.78, 5) is 16.5. The van der Waals surface area contributed by atoms with Crippen molar-refractivity contribution >= 4 is 11.9 Å². The van der Waals surface area contributed by atoms with Gasteiger partial charge in [-0.3, -0.25) is 15.1 Å². The van der Waals surface area contributed by atoms with Gasteiger partial charge in [0.1, 0.15) is 5.54 Å². The van der Waals surface area contributed by atoms with E-state index in [-0.39, 0.29) is 11.4 Å². The molecule has 1 heterocycles. The molecule has 1 saturated carbocycles. The molecule has 4 nitrogen and oxygen atoms in total. The largest absolute Gasteiger partial charge is 0.342 e. The predicted octanol–water partition coefficient (Wildman–Crippen LogP) is 1.67. The Morgan fingerprint density at radius 1 is 1.53 bits per heavy atom. The molecular formula is C13H23N3O. The van der Waals surface area contributed by atoms with E-state index in [4.69, 9.17) is 0 Å². The van der Waals surface area contributed by atoms with Crippen molar-refractivity contribution in [2.24, 2.45) is 16.8 Å². The third-order valence-electron chi connectivity index (χ3n) is 3.64. The van der Waals surface area contributed by atoms with E-state index in [1.165, 1.54) is 6.42 Å². The molecule has 0 aromatic heterocycles. The number of hydrogen-bond donors (Lipinski definition) is 2. The molecule has 2 rings (SSSR count). The van der Waals surface area contributed by atoms with Crippen LogP contribution < -0.4 is 10.6 Å². The Hall–Kier alpha value is -1.06. The van der Waals surface area contributed by atoms with Gasteiger partial charge in [-0.2, -0.15) is 0 Å². The summed E-state index contributed by atoms with van der Waals surface area (Å²) in [5.74, 6) is 1.93. The molecule has 2 fully saturated rings. The number of nitrogens with one attached hydrogen (secondary N) is 2. The normalized spacial score (nSPS) is 35.4. The Labute approximate surface area is 103 Å². The maximum Gasteiger partial charge on any atom is 0.252 e. The Morgan fingerprint density at radius 2 is 2.29 bits per heavy atom. The Kier molecular flexibility index (Phi) is 3.40. The molecule has 0 bridgehead atoms. The van der Waals surface area contributed by atoms with Gasteiger partial charge in [0, 0.05) is 6.54 Å². The van der Waals surface area contributed by atoms with Crippen molar-refractivity contribution in [3.8, 4) is 0 Å². The summed E-state index contributed by atoms with van der Waals surface area (Å²) in [6.45, 7) is 7.23. The zero-order valence-corrected chi connectivity index (χ0v) is 11.0. The Balaban J connectivity index is 2.06. The second-order valence-electron chi connectivity index (χ2n) is 5.95. The first-order valence-electron chi connectivity index (χ1n) is 6.66. The van der Waals surface area contributed by atoms with Crippen LogP contribution in [0, 0.1) is 11.8 Å². The van der Waals surface area contributed by atoms with E-state index < -0.39 is 0 Å². The molecule has 2 atom stereocenters. The topological polar surface area (TPSA) is 53.5 Å². The maximum absolute atomic E-state index is 12.1. The molecule has 1 amide bonds. The minimum Gasteiger partial charge on any atom is -0.342 e. The summed E-state index contributed by atoms with van der Waals surface area (Å²) in [5.41, 5.74) is -0.368. The summed E-state index contributed by atoms with van der Waals surface area (Å²) in [5, 5.41) is 6.22. The van der Waals surface area contributed by atoms with Crippen LogP contribution in [0.4, 0.5) is 0 Å². The smallest absolute Gasteiger partial charge is 0.252 e. The van der Waals surface area contributed by atoms with E-state index in [1.807, 2.05) is 0 Å². The van der Waals surface area contributed by atoms with Gasteiger partial charge in [0.15, 0.2) is 5.96 Å². The van der Waals surface area contributed by atoms with Crippen molar-refractivity contribution < 1.29 is 4.79 Å². The van der Waals surface area contributed by atoms with Crippen molar-refractivity contribution in [3.63, 3.8) is 0 Å². The summed E-state index contributed by atoms with van der Waals surface area (Å²) in [6, 6.07) is 0. The van der Waals surface area contributed by atoms with Crippen LogP contribution >= 0.6 is 0 Å². The average Bonchev–Trinajstić information content (AvgIpc) is 2.53. The standard InChI is InChI=1S/C13H23N3O/c1-9(2)8-14-12-15-11(17)13(16-12)6-4-5-10(3)7-13/h9-10H,4-8H2,1-3H3,(H2,14,15,16,17). The molecular weight excluding hydrogens is 214 g/mol. The third-order valence-corrected chi connectivity index (χ3v) is 3.64. The number of hydrogen-bond acceptors (Lipinski definition) is 2. The molecule has 2 unspecified atom stereocenters. The predicted molar refractivity (Wildman–Crippen MR) is 68.8 cm³/mol. The van der Waals surface area contributed by atoms with Crippen LogP contribution in [0.25, 0.3) is 0 Å². The monoisotopic (exact) mass is 237 g/mol.